The zero-order chi connectivity index (χ0) is 19.2. The normalized spacial score (nSPS) is 10.9. The lowest BCUT2D eigenvalue weighted by Gasteiger charge is -2.20. The average molecular weight is 339 g/mol. The molecular formula is C22H29NO2. The Morgan fingerprint density at radius 3 is 1.44 bits per heavy atom. The van der Waals surface area contributed by atoms with Crippen LogP contribution in [0.3, 0.4) is 0 Å². The van der Waals surface area contributed by atoms with Gasteiger partial charge in [-0.05, 0) is 112 Å². The van der Waals surface area contributed by atoms with E-state index >= 15 is 0 Å². The molecule has 0 aliphatic heterocycles. The average Bonchev–Trinajstić information content (AvgIpc) is 2.58. The number of carbonyl (C=O) groups excluding carboxylic acids is 1. The molecule has 0 aliphatic carbocycles. The van der Waals surface area contributed by atoms with Crippen LogP contribution >= 0.6 is 0 Å². The predicted molar refractivity (Wildman–Crippen MR) is 105 cm³/mol. The number of rotatable bonds is 2. The summed E-state index contributed by atoms with van der Waals surface area (Å²) in [5.41, 5.74) is 17.0. The van der Waals surface area contributed by atoms with E-state index in [1.165, 1.54) is 5.56 Å². The molecule has 3 nitrogen and oxygen atoms in total. The lowest BCUT2D eigenvalue weighted by molar-refractivity contribution is 0.0732. The molecule has 0 aromatic heterocycles. The van der Waals surface area contributed by atoms with E-state index in [0.717, 1.165) is 44.5 Å². The van der Waals surface area contributed by atoms with Gasteiger partial charge >= 0.3 is 5.97 Å². The predicted octanol–water partition coefficient (Wildman–Crippen LogP) is 5.26. The molecule has 0 spiro atoms. The summed E-state index contributed by atoms with van der Waals surface area (Å²) in [5, 5.41) is 0. The number of hydrogen-bond donors (Lipinski definition) is 1. The van der Waals surface area contributed by atoms with Gasteiger partial charge in [-0.25, -0.2) is 4.79 Å². The van der Waals surface area contributed by atoms with Crippen molar-refractivity contribution in [3.63, 3.8) is 0 Å². The van der Waals surface area contributed by atoms with Gasteiger partial charge in [-0.15, -0.1) is 0 Å². The second-order valence-corrected chi connectivity index (χ2v) is 7.13. The Kier molecular flexibility index (Phi) is 4.99. The number of ether oxygens (including phenoxy) is 1. The number of esters is 1. The third-order valence-corrected chi connectivity index (χ3v) is 6.08. The molecule has 0 saturated heterocycles. The second kappa shape index (κ2) is 6.55. The Hall–Kier alpha value is -2.29. The van der Waals surface area contributed by atoms with Crippen molar-refractivity contribution in [3.05, 3.63) is 55.6 Å². The molecular weight excluding hydrogens is 310 g/mol. The van der Waals surface area contributed by atoms with E-state index in [-0.39, 0.29) is 5.97 Å². The second-order valence-electron chi connectivity index (χ2n) is 7.13. The van der Waals surface area contributed by atoms with Crippen LogP contribution in [0.15, 0.2) is 0 Å². The van der Waals surface area contributed by atoms with Gasteiger partial charge in [-0.3, -0.25) is 0 Å². The zero-order valence-electron chi connectivity index (χ0n) is 16.9. The summed E-state index contributed by atoms with van der Waals surface area (Å²) >= 11 is 0. The number of nitrogens with two attached hydrogens (primary N) is 1. The number of nitrogen functional groups attached to an aromatic ring is 1. The van der Waals surface area contributed by atoms with E-state index in [9.17, 15) is 4.79 Å². The molecule has 2 N–H and O–H groups in total. The molecule has 3 heteroatoms. The van der Waals surface area contributed by atoms with Gasteiger partial charge in [0.05, 0.1) is 11.3 Å². The van der Waals surface area contributed by atoms with E-state index in [1.54, 1.807) is 0 Å². The van der Waals surface area contributed by atoms with E-state index in [4.69, 9.17) is 10.5 Å². The summed E-state index contributed by atoms with van der Waals surface area (Å²) in [6, 6.07) is 0. The summed E-state index contributed by atoms with van der Waals surface area (Å²) in [6.07, 6.45) is 0. The molecule has 2 aromatic rings. The maximum Gasteiger partial charge on any atom is 0.344 e. The van der Waals surface area contributed by atoms with E-state index in [0.29, 0.717) is 17.0 Å². The topological polar surface area (TPSA) is 52.3 Å². The van der Waals surface area contributed by atoms with Crippen LogP contribution in [0.4, 0.5) is 5.69 Å². The number of carbonyl (C=O) groups is 1. The van der Waals surface area contributed by atoms with E-state index in [2.05, 4.69) is 6.92 Å². The van der Waals surface area contributed by atoms with Crippen LogP contribution < -0.4 is 10.5 Å². The van der Waals surface area contributed by atoms with Crippen LogP contribution in [-0.4, -0.2) is 5.97 Å². The first-order chi connectivity index (χ1) is 11.5. The molecule has 0 bridgehead atoms. The molecule has 0 amide bonds. The summed E-state index contributed by atoms with van der Waals surface area (Å²) < 4.78 is 5.83. The minimum atomic E-state index is -0.335. The Morgan fingerprint density at radius 2 is 0.960 bits per heavy atom. The van der Waals surface area contributed by atoms with E-state index in [1.807, 2.05) is 55.4 Å². The molecule has 0 saturated carbocycles. The largest absolute Gasteiger partial charge is 0.420 e. The maximum atomic E-state index is 13.0. The number of benzene rings is 2. The highest BCUT2D eigenvalue weighted by Crippen LogP contribution is 2.36. The standard InChI is InChI=1S/C22H29NO2/c1-10-11(2)15(6)19(16(7)12(10)3)22(24)25-21-18(9)14(5)13(4)17(8)20(21)23/h23H2,1-9H3. The molecule has 134 valence electrons. The highest BCUT2D eigenvalue weighted by atomic mass is 16.5. The van der Waals surface area contributed by atoms with Crippen LogP contribution in [-0.2, 0) is 0 Å². The van der Waals surface area contributed by atoms with Crippen LogP contribution in [0.1, 0.15) is 60.4 Å². The molecule has 2 rings (SSSR count). The fourth-order valence-corrected chi connectivity index (χ4v) is 3.39. The quantitative estimate of drug-likeness (QED) is 0.461. The van der Waals surface area contributed by atoms with Crippen LogP contribution in [0, 0.1) is 62.3 Å². The summed E-state index contributed by atoms with van der Waals surface area (Å²) in [4.78, 5) is 13.0. The van der Waals surface area contributed by atoms with Crippen molar-refractivity contribution in [2.75, 3.05) is 5.73 Å². The van der Waals surface area contributed by atoms with Crippen molar-refractivity contribution >= 4 is 11.7 Å². The Labute approximate surface area is 151 Å². The number of anilines is 1. The molecule has 0 fully saturated rings. The van der Waals surface area contributed by atoms with Gasteiger partial charge in [0, 0.05) is 0 Å². The van der Waals surface area contributed by atoms with Crippen LogP contribution in [0.2, 0.25) is 0 Å². The van der Waals surface area contributed by atoms with Crippen molar-refractivity contribution in [1.82, 2.24) is 0 Å². The molecule has 0 unspecified atom stereocenters. The molecule has 0 aliphatic rings. The monoisotopic (exact) mass is 339 g/mol. The highest BCUT2D eigenvalue weighted by Gasteiger charge is 2.23. The Balaban J connectivity index is 2.61. The fraction of sp³-hybridized carbons (Fsp3) is 0.409. The van der Waals surface area contributed by atoms with Gasteiger partial charge < -0.3 is 10.5 Å². The van der Waals surface area contributed by atoms with Gasteiger partial charge in [0.25, 0.3) is 0 Å². The van der Waals surface area contributed by atoms with Gasteiger partial charge in [-0.2, -0.15) is 0 Å². The smallest absolute Gasteiger partial charge is 0.344 e. The van der Waals surface area contributed by atoms with Crippen molar-refractivity contribution in [2.45, 2.75) is 62.3 Å². The van der Waals surface area contributed by atoms with Crippen LogP contribution in [0.25, 0.3) is 0 Å². The van der Waals surface area contributed by atoms with Crippen molar-refractivity contribution < 1.29 is 9.53 Å². The van der Waals surface area contributed by atoms with Crippen molar-refractivity contribution in [2.24, 2.45) is 0 Å². The minimum Gasteiger partial charge on any atom is -0.420 e. The highest BCUT2D eigenvalue weighted by molar-refractivity contribution is 5.96. The van der Waals surface area contributed by atoms with Gasteiger partial charge in [0.15, 0.2) is 5.75 Å². The first-order valence-corrected chi connectivity index (χ1v) is 8.65. The van der Waals surface area contributed by atoms with Gasteiger partial charge in [0.1, 0.15) is 0 Å². The first-order valence-electron chi connectivity index (χ1n) is 8.65. The summed E-state index contributed by atoms with van der Waals surface area (Å²) in [6.45, 7) is 18.1. The lowest BCUT2D eigenvalue weighted by Crippen LogP contribution is -2.17. The molecule has 2 aromatic carbocycles. The van der Waals surface area contributed by atoms with Gasteiger partial charge in [-0.1, -0.05) is 0 Å². The third kappa shape index (κ3) is 2.92. The minimum absolute atomic E-state index is 0.335. The van der Waals surface area contributed by atoms with Gasteiger partial charge in [0.2, 0.25) is 0 Å². The van der Waals surface area contributed by atoms with Crippen LogP contribution in [0.5, 0.6) is 5.75 Å². The Morgan fingerprint density at radius 1 is 0.600 bits per heavy atom. The molecule has 0 atom stereocenters. The fourth-order valence-electron chi connectivity index (χ4n) is 3.39. The third-order valence-electron chi connectivity index (χ3n) is 6.08. The SMILES string of the molecule is Cc1c(C)c(C)c(C(=O)Oc2c(C)c(C)c(C)c(C)c2N)c(C)c1C. The Bertz CT molecular complexity index is 834. The lowest BCUT2D eigenvalue weighted by atomic mass is 9.89. The van der Waals surface area contributed by atoms with Crippen molar-refractivity contribution in [3.8, 4) is 5.75 Å². The maximum absolute atomic E-state index is 13.0. The molecule has 0 radical (unpaired) electrons. The van der Waals surface area contributed by atoms with E-state index < -0.39 is 0 Å². The first kappa shape index (κ1) is 19.0. The summed E-state index contributed by atoms with van der Waals surface area (Å²) in [5.74, 6) is 0.152. The summed E-state index contributed by atoms with van der Waals surface area (Å²) in [7, 11) is 0. The number of hydrogen-bond acceptors (Lipinski definition) is 3. The zero-order valence-corrected chi connectivity index (χ0v) is 16.9. The molecule has 25 heavy (non-hydrogen) atoms. The molecule has 0 heterocycles. The van der Waals surface area contributed by atoms with Crippen molar-refractivity contribution in [1.29, 1.82) is 0 Å².